The van der Waals surface area contributed by atoms with Gasteiger partial charge in [0, 0.05) is 38.9 Å². The van der Waals surface area contributed by atoms with Gasteiger partial charge in [-0.2, -0.15) is 9.90 Å². The van der Waals surface area contributed by atoms with Crippen LogP contribution in [0.5, 0.6) is 0 Å². The molecule has 2 aliphatic rings. The number of alkyl carbamates (subject to hydrolysis) is 2. The molecule has 3 atom stereocenters. The molecule has 1 unspecified atom stereocenters. The van der Waals surface area contributed by atoms with Gasteiger partial charge >= 0.3 is 12.2 Å². The molecule has 0 spiro atoms. The number of rotatable bonds is 10. The molecule has 4 amide bonds. The summed E-state index contributed by atoms with van der Waals surface area (Å²) in [7, 11) is 1.55. The molecule has 1 fully saturated rings. The van der Waals surface area contributed by atoms with Gasteiger partial charge in [-0.15, -0.1) is 0 Å². The summed E-state index contributed by atoms with van der Waals surface area (Å²) in [4.78, 5) is 50.9. The van der Waals surface area contributed by atoms with E-state index in [1.165, 1.54) is 6.08 Å². The lowest BCUT2D eigenvalue weighted by atomic mass is 9.98. The van der Waals surface area contributed by atoms with Gasteiger partial charge in [-0.25, -0.2) is 9.59 Å². The standard InChI is InChI=1S/C29H34N4O6.H3P/c1-3-15-38-28(36)31-24-16-33(27(35)14-8-13-26(34)30-2)17-25(24)32-29(37)39-18-23-21-11-6-4-9-19(21)20-10-5-7-12-22(20)23;/h3-7,9-12,23-25H,1,8,13-18H2,2H3,(H,30,34)(H,31,36)(H,32,37);1H3/t24-,25-;/m0./s1. The molecule has 2 aromatic rings. The van der Waals surface area contributed by atoms with Gasteiger partial charge in [0.15, 0.2) is 0 Å². The summed E-state index contributed by atoms with van der Waals surface area (Å²) >= 11 is 0. The first kappa shape index (κ1) is 30.6. The highest BCUT2D eigenvalue weighted by molar-refractivity contribution is 6.92. The molecule has 0 radical (unpaired) electrons. The van der Waals surface area contributed by atoms with Crippen LogP contribution in [0.25, 0.3) is 11.1 Å². The maximum atomic E-state index is 12.9. The number of carbonyl (C=O) groups excluding carboxylic acids is 4. The molecule has 40 heavy (non-hydrogen) atoms. The highest BCUT2D eigenvalue weighted by Gasteiger charge is 2.38. The monoisotopic (exact) mass is 568 g/mol. The van der Waals surface area contributed by atoms with Crippen LogP contribution in [-0.2, 0) is 19.1 Å². The van der Waals surface area contributed by atoms with Crippen LogP contribution in [0.2, 0.25) is 0 Å². The molecule has 214 valence electrons. The first-order valence-corrected chi connectivity index (χ1v) is 13.0. The summed E-state index contributed by atoms with van der Waals surface area (Å²) in [5.74, 6) is -0.390. The van der Waals surface area contributed by atoms with Crippen molar-refractivity contribution in [2.45, 2.75) is 37.3 Å². The third-order valence-corrected chi connectivity index (χ3v) is 7.03. The zero-order valence-corrected chi connectivity index (χ0v) is 24.1. The van der Waals surface area contributed by atoms with Crippen LogP contribution in [0.3, 0.4) is 0 Å². The van der Waals surface area contributed by atoms with Gasteiger partial charge in [-0.1, -0.05) is 61.2 Å². The molecule has 1 saturated heterocycles. The predicted octanol–water partition coefficient (Wildman–Crippen LogP) is 2.99. The molecule has 1 aliphatic carbocycles. The number of nitrogens with one attached hydrogen (secondary N) is 3. The Morgan fingerprint density at radius 3 is 2.00 bits per heavy atom. The van der Waals surface area contributed by atoms with Gasteiger partial charge in [-0.3, -0.25) is 9.59 Å². The number of carbonyl (C=O) groups is 4. The first-order chi connectivity index (χ1) is 18.9. The van der Waals surface area contributed by atoms with Crippen molar-refractivity contribution >= 4 is 33.9 Å². The summed E-state index contributed by atoms with van der Waals surface area (Å²) in [6.07, 6.45) is 0.961. The van der Waals surface area contributed by atoms with E-state index in [9.17, 15) is 19.2 Å². The van der Waals surface area contributed by atoms with Crippen LogP contribution < -0.4 is 16.0 Å². The topological polar surface area (TPSA) is 126 Å². The molecule has 1 heterocycles. The van der Waals surface area contributed by atoms with Gasteiger partial charge in [-0.05, 0) is 28.7 Å². The SMILES string of the molecule is C=CCOC(=O)N[C@H]1CN(C(=O)CCCC(=O)NC)C[C@@H]1NC(=O)OCC1c2ccccc2-c2ccccc21.P. The molecule has 0 saturated carbocycles. The number of hydrogen-bond acceptors (Lipinski definition) is 6. The van der Waals surface area contributed by atoms with E-state index in [1.54, 1.807) is 11.9 Å². The second-order valence-corrected chi connectivity index (χ2v) is 9.54. The zero-order chi connectivity index (χ0) is 27.8. The van der Waals surface area contributed by atoms with Crippen molar-refractivity contribution < 1.29 is 28.7 Å². The van der Waals surface area contributed by atoms with Crippen molar-refractivity contribution in [1.82, 2.24) is 20.9 Å². The molecule has 4 rings (SSSR count). The summed E-state index contributed by atoms with van der Waals surface area (Å²) in [6, 6.07) is 15.0. The number of likely N-dealkylation sites (tertiary alicyclic amines) is 1. The number of benzene rings is 2. The Hall–Kier alpha value is -3.91. The molecule has 1 aliphatic heterocycles. The van der Waals surface area contributed by atoms with Crippen LogP contribution in [0.4, 0.5) is 9.59 Å². The summed E-state index contributed by atoms with van der Waals surface area (Å²) < 4.78 is 10.7. The van der Waals surface area contributed by atoms with Crippen molar-refractivity contribution in [3.8, 4) is 11.1 Å². The second kappa shape index (κ2) is 14.5. The number of fused-ring (bicyclic) bond motifs is 3. The molecule has 0 bridgehead atoms. The Morgan fingerprint density at radius 1 is 0.900 bits per heavy atom. The van der Waals surface area contributed by atoms with Crippen molar-refractivity contribution in [2.75, 3.05) is 33.4 Å². The number of hydrogen-bond donors (Lipinski definition) is 3. The molecule has 10 nitrogen and oxygen atoms in total. The highest BCUT2D eigenvalue weighted by Crippen LogP contribution is 2.44. The Bertz CT molecular complexity index is 1190. The van der Waals surface area contributed by atoms with Crippen LogP contribution in [0.1, 0.15) is 36.3 Å². The Labute approximate surface area is 237 Å². The van der Waals surface area contributed by atoms with Crippen molar-refractivity contribution in [1.29, 1.82) is 0 Å². The minimum Gasteiger partial charge on any atom is -0.449 e. The molecule has 2 aromatic carbocycles. The van der Waals surface area contributed by atoms with E-state index in [4.69, 9.17) is 9.47 Å². The lowest BCUT2D eigenvalue weighted by molar-refractivity contribution is -0.130. The average molecular weight is 569 g/mol. The third-order valence-electron chi connectivity index (χ3n) is 7.03. The molecule has 11 heteroatoms. The number of nitrogens with zero attached hydrogens (tertiary/aromatic N) is 1. The van der Waals surface area contributed by atoms with Crippen LogP contribution in [-0.4, -0.2) is 74.3 Å². The van der Waals surface area contributed by atoms with Crippen LogP contribution >= 0.6 is 9.90 Å². The van der Waals surface area contributed by atoms with Crippen LogP contribution in [0, 0.1) is 0 Å². The molecular formula is C29H37N4O6P. The van der Waals surface area contributed by atoms with E-state index in [2.05, 4.69) is 34.7 Å². The Morgan fingerprint density at radius 2 is 1.45 bits per heavy atom. The fraction of sp³-hybridized carbons (Fsp3) is 0.379. The first-order valence-electron chi connectivity index (χ1n) is 13.0. The Balaban J connectivity index is 0.00000441. The van der Waals surface area contributed by atoms with Gasteiger partial charge < -0.3 is 30.3 Å². The van der Waals surface area contributed by atoms with Crippen molar-refractivity contribution in [3.63, 3.8) is 0 Å². The third kappa shape index (κ3) is 7.39. The summed E-state index contributed by atoms with van der Waals surface area (Å²) in [5, 5.41) is 8.08. The van der Waals surface area contributed by atoms with Gasteiger partial charge in [0.25, 0.3) is 0 Å². The second-order valence-electron chi connectivity index (χ2n) is 9.54. The highest BCUT2D eigenvalue weighted by atomic mass is 31.0. The molecule has 0 aromatic heterocycles. The normalized spacial score (nSPS) is 17.1. The largest absolute Gasteiger partial charge is 0.449 e. The van der Waals surface area contributed by atoms with Gasteiger partial charge in [0.1, 0.15) is 13.2 Å². The lowest BCUT2D eigenvalue weighted by Gasteiger charge is -2.21. The average Bonchev–Trinajstić information content (AvgIpc) is 3.49. The fourth-order valence-electron chi connectivity index (χ4n) is 5.10. The van der Waals surface area contributed by atoms with Gasteiger partial charge in [0.2, 0.25) is 11.8 Å². The van der Waals surface area contributed by atoms with E-state index >= 15 is 0 Å². The van der Waals surface area contributed by atoms with Crippen molar-refractivity contribution in [3.05, 3.63) is 72.3 Å². The van der Waals surface area contributed by atoms with Crippen LogP contribution in [0.15, 0.2) is 61.2 Å². The van der Waals surface area contributed by atoms with E-state index < -0.39 is 24.3 Å². The smallest absolute Gasteiger partial charge is 0.407 e. The quantitative estimate of drug-likeness (QED) is 0.299. The lowest BCUT2D eigenvalue weighted by Crippen LogP contribution is -2.51. The van der Waals surface area contributed by atoms with E-state index in [0.717, 1.165) is 22.3 Å². The number of ether oxygens (including phenoxy) is 2. The predicted molar refractivity (Wildman–Crippen MR) is 156 cm³/mol. The summed E-state index contributed by atoms with van der Waals surface area (Å²) in [6.45, 7) is 4.08. The molecular weight excluding hydrogens is 531 g/mol. The molecule has 3 N–H and O–H groups in total. The zero-order valence-electron chi connectivity index (χ0n) is 22.7. The maximum absolute atomic E-state index is 12.9. The Kier molecular flexibility index (Phi) is 11.1. The van der Waals surface area contributed by atoms with Crippen molar-refractivity contribution in [2.24, 2.45) is 0 Å². The minimum absolute atomic E-state index is 0. The maximum Gasteiger partial charge on any atom is 0.407 e. The number of amides is 4. The van der Waals surface area contributed by atoms with E-state index in [-0.39, 0.29) is 66.8 Å². The van der Waals surface area contributed by atoms with Gasteiger partial charge in [0.05, 0.1) is 12.1 Å². The minimum atomic E-state index is -0.673. The fourth-order valence-corrected chi connectivity index (χ4v) is 5.10. The van der Waals surface area contributed by atoms with E-state index in [0.29, 0.717) is 6.42 Å². The van der Waals surface area contributed by atoms with E-state index in [1.807, 2.05) is 36.4 Å². The summed E-state index contributed by atoms with van der Waals surface area (Å²) in [5.41, 5.74) is 4.47.